The van der Waals surface area contributed by atoms with Gasteiger partial charge in [0.25, 0.3) is 5.69 Å². The molecule has 0 fully saturated rings. The molecule has 0 amide bonds. The fourth-order valence-corrected chi connectivity index (χ4v) is 2.31. The van der Waals surface area contributed by atoms with Gasteiger partial charge in [-0.25, -0.2) is 4.98 Å². The summed E-state index contributed by atoms with van der Waals surface area (Å²) in [6, 6.07) is 16.2. The van der Waals surface area contributed by atoms with Crippen molar-refractivity contribution in [2.24, 2.45) is 0 Å². The van der Waals surface area contributed by atoms with Crippen molar-refractivity contribution in [3.63, 3.8) is 0 Å². The van der Waals surface area contributed by atoms with Crippen molar-refractivity contribution in [1.82, 2.24) is 4.98 Å². The van der Waals surface area contributed by atoms with Gasteiger partial charge in [0, 0.05) is 11.5 Å². The number of methoxy groups -OCH3 is 1. The van der Waals surface area contributed by atoms with Crippen LogP contribution >= 0.6 is 0 Å². The van der Waals surface area contributed by atoms with Crippen molar-refractivity contribution < 1.29 is 9.66 Å². The van der Waals surface area contributed by atoms with Crippen LogP contribution in [-0.4, -0.2) is 17.0 Å². The number of ether oxygens (including phenoxy) is 1. The van der Waals surface area contributed by atoms with Crippen molar-refractivity contribution in [3.05, 3.63) is 76.0 Å². The number of pyridine rings is 1. The number of nitro benzene ring substituents is 1. The number of nitrogens with zero attached hydrogens (tertiary/aromatic N) is 2. The fraction of sp³-hybridized carbons (Fsp3) is 0.0556. The Labute approximate surface area is 133 Å². The number of non-ortho nitro benzene ring substituents is 1. The molecule has 2 aromatic carbocycles. The first-order valence-electron chi connectivity index (χ1n) is 7.04. The minimum atomic E-state index is -0.412. The van der Waals surface area contributed by atoms with Crippen molar-refractivity contribution >= 4 is 28.7 Å². The molecular formula is C18H14N2O3. The van der Waals surface area contributed by atoms with Crippen LogP contribution in [0, 0.1) is 10.1 Å². The molecule has 23 heavy (non-hydrogen) atoms. The molecule has 114 valence electrons. The number of benzene rings is 2. The van der Waals surface area contributed by atoms with E-state index >= 15 is 0 Å². The molecule has 3 aromatic rings. The van der Waals surface area contributed by atoms with E-state index in [1.54, 1.807) is 13.2 Å². The lowest BCUT2D eigenvalue weighted by Gasteiger charge is -2.01. The van der Waals surface area contributed by atoms with E-state index in [1.807, 2.05) is 54.6 Å². The summed E-state index contributed by atoms with van der Waals surface area (Å²) in [6.07, 6.45) is 3.72. The Balaban J connectivity index is 1.98. The molecule has 0 bridgehead atoms. The molecule has 0 atom stereocenters. The molecule has 5 heteroatoms. The molecule has 1 aromatic heterocycles. The van der Waals surface area contributed by atoms with Gasteiger partial charge in [-0.3, -0.25) is 10.1 Å². The summed E-state index contributed by atoms with van der Waals surface area (Å²) < 4.78 is 5.18. The van der Waals surface area contributed by atoms with Crippen LogP contribution in [-0.2, 0) is 0 Å². The van der Waals surface area contributed by atoms with Gasteiger partial charge in [0.05, 0.1) is 17.7 Å². The monoisotopic (exact) mass is 306 g/mol. The topological polar surface area (TPSA) is 65.3 Å². The van der Waals surface area contributed by atoms with Gasteiger partial charge in [-0.15, -0.1) is 0 Å². The van der Waals surface area contributed by atoms with Gasteiger partial charge in [-0.2, -0.15) is 0 Å². The maximum Gasteiger partial charge on any atom is 0.295 e. The minimum Gasteiger partial charge on any atom is -0.497 e. The second-order valence-electron chi connectivity index (χ2n) is 4.95. The molecular weight excluding hydrogens is 292 g/mol. The molecule has 0 radical (unpaired) electrons. The van der Waals surface area contributed by atoms with Crippen LogP contribution in [0.25, 0.3) is 23.1 Å². The number of hydrogen-bond donors (Lipinski definition) is 0. The summed E-state index contributed by atoms with van der Waals surface area (Å²) >= 11 is 0. The lowest BCUT2D eigenvalue weighted by Crippen LogP contribution is -1.92. The van der Waals surface area contributed by atoms with E-state index in [1.165, 1.54) is 6.07 Å². The first kappa shape index (κ1) is 14.7. The maximum atomic E-state index is 11.1. The summed E-state index contributed by atoms with van der Waals surface area (Å²) in [5.41, 5.74) is 2.04. The molecule has 0 aliphatic rings. The SMILES string of the molecule is COc1cccc(/C=C/c2ccc3cccc([N+](=O)[O-])c3n2)c1. The number of rotatable bonds is 4. The summed E-state index contributed by atoms with van der Waals surface area (Å²) in [4.78, 5) is 15.1. The summed E-state index contributed by atoms with van der Waals surface area (Å²) in [5, 5.41) is 11.9. The number of hydrogen-bond acceptors (Lipinski definition) is 4. The highest BCUT2D eigenvalue weighted by molar-refractivity contribution is 5.88. The Morgan fingerprint density at radius 1 is 1.09 bits per heavy atom. The third kappa shape index (κ3) is 3.18. The zero-order valence-electron chi connectivity index (χ0n) is 12.5. The van der Waals surface area contributed by atoms with Crippen LogP contribution in [0.1, 0.15) is 11.3 Å². The maximum absolute atomic E-state index is 11.1. The van der Waals surface area contributed by atoms with Gasteiger partial charge < -0.3 is 4.74 Å². The van der Waals surface area contributed by atoms with E-state index in [-0.39, 0.29) is 5.69 Å². The number of para-hydroxylation sites is 1. The van der Waals surface area contributed by atoms with E-state index in [9.17, 15) is 10.1 Å². The van der Waals surface area contributed by atoms with E-state index in [0.717, 1.165) is 16.7 Å². The highest BCUT2D eigenvalue weighted by atomic mass is 16.6. The van der Waals surface area contributed by atoms with Crippen LogP contribution in [0.5, 0.6) is 5.75 Å². The van der Waals surface area contributed by atoms with Crippen LogP contribution in [0.2, 0.25) is 0 Å². The predicted molar refractivity (Wildman–Crippen MR) is 90.3 cm³/mol. The van der Waals surface area contributed by atoms with Crippen LogP contribution < -0.4 is 4.74 Å². The molecule has 0 unspecified atom stereocenters. The van der Waals surface area contributed by atoms with Gasteiger partial charge in [0.2, 0.25) is 0 Å². The summed E-state index contributed by atoms with van der Waals surface area (Å²) in [7, 11) is 1.62. The Morgan fingerprint density at radius 2 is 1.91 bits per heavy atom. The van der Waals surface area contributed by atoms with Crippen LogP contribution in [0.3, 0.4) is 0 Å². The highest BCUT2D eigenvalue weighted by Gasteiger charge is 2.12. The fourth-order valence-electron chi connectivity index (χ4n) is 2.31. The van der Waals surface area contributed by atoms with Gasteiger partial charge in [0.15, 0.2) is 0 Å². The Kier molecular flexibility index (Phi) is 4.01. The second kappa shape index (κ2) is 6.27. The number of fused-ring (bicyclic) bond motifs is 1. The predicted octanol–water partition coefficient (Wildman–Crippen LogP) is 4.32. The first-order valence-corrected chi connectivity index (χ1v) is 7.04. The van der Waals surface area contributed by atoms with E-state index in [2.05, 4.69) is 4.98 Å². The summed E-state index contributed by atoms with van der Waals surface area (Å²) in [5.74, 6) is 0.772. The van der Waals surface area contributed by atoms with Gasteiger partial charge in [-0.1, -0.05) is 36.4 Å². The lowest BCUT2D eigenvalue weighted by atomic mass is 10.1. The molecule has 0 saturated heterocycles. The normalized spacial score (nSPS) is 11.0. The largest absolute Gasteiger partial charge is 0.497 e. The van der Waals surface area contributed by atoms with E-state index in [0.29, 0.717) is 11.2 Å². The Bertz CT molecular complexity index is 904. The van der Waals surface area contributed by atoms with Crippen LogP contribution in [0.15, 0.2) is 54.6 Å². The Hall–Kier alpha value is -3.21. The molecule has 0 saturated carbocycles. The molecule has 0 aliphatic heterocycles. The zero-order chi connectivity index (χ0) is 16.2. The molecule has 0 spiro atoms. The standard InChI is InChI=1S/C18H14N2O3/c1-23-16-6-2-4-13(12-16)8-10-15-11-9-14-5-3-7-17(20(21)22)18(14)19-15/h2-12H,1H3/b10-8+. The zero-order valence-corrected chi connectivity index (χ0v) is 12.5. The average Bonchev–Trinajstić information content (AvgIpc) is 2.59. The van der Waals surface area contributed by atoms with Gasteiger partial charge >= 0.3 is 0 Å². The lowest BCUT2D eigenvalue weighted by molar-refractivity contribution is -0.383. The number of aromatic nitrogens is 1. The van der Waals surface area contributed by atoms with Crippen molar-refractivity contribution in [3.8, 4) is 5.75 Å². The van der Waals surface area contributed by atoms with E-state index in [4.69, 9.17) is 4.74 Å². The molecule has 0 N–H and O–H groups in total. The van der Waals surface area contributed by atoms with Crippen molar-refractivity contribution in [1.29, 1.82) is 0 Å². The smallest absolute Gasteiger partial charge is 0.295 e. The molecule has 0 aliphatic carbocycles. The quantitative estimate of drug-likeness (QED) is 0.532. The average molecular weight is 306 g/mol. The molecule has 1 heterocycles. The molecule has 5 nitrogen and oxygen atoms in total. The van der Waals surface area contributed by atoms with Gasteiger partial charge in [0.1, 0.15) is 11.3 Å². The number of nitro groups is 1. The first-order chi connectivity index (χ1) is 11.2. The third-order valence-corrected chi connectivity index (χ3v) is 3.46. The second-order valence-corrected chi connectivity index (χ2v) is 4.95. The van der Waals surface area contributed by atoms with Gasteiger partial charge in [-0.05, 0) is 29.8 Å². The third-order valence-electron chi connectivity index (χ3n) is 3.46. The summed E-state index contributed by atoms with van der Waals surface area (Å²) in [6.45, 7) is 0. The Morgan fingerprint density at radius 3 is 2.70 bits per heavy atom. The highest BCUT2D eigenvalue weighted by Crippen LogP contribution is 2.24. The van der Waals surface area contributed by atoms with Crippen LogP contribution in [0.4, 0.5) is 5.69 Å². The van der Waals surface area contributed by atoms with Crippen molar-refractivity contribution in [2.45, 2.75) is 0 Å². The van der Waals surface area contributed by atoms with E-state index < -0.39 is 4.92 Å². The molecule has 3 rings (SSSR count). The minimum absolute atomic E-state index is 0.0131. The van der Waals surface area contributed by atoms with Crippen molar-refractivity contribution in [2.75, 3.05) is 7.11 Å².